The van der Waals surface area contributed by atoms with Crippen molar-refractivity contribution in [1.29, 1.82) is 0 Å². The first-order chi connectivity index (χ1) is 14.4. The van der Waals surface area contributed by atoms with Crippen molar-refractivity contribution in [2.75, 3.05) is 12.8 Å². The summed E-state index contributed by atoms with van der Waals surface area (Å²) in [7, 11) is -8.05. The lowest BCUT2D eigenvalue weighted by molar-refractivity contribution is 0.472. The molecule has 0 radical (unpaired) electrons. The van der Waals surface area contributed by atoms with Crippen LogP contribution in [0.25, 0.3) is 10.8 Å². The highest BCUT2D eigenvalue weighted by molar-refractivity contribution is 7.86. The molecule has 0 amide bonds. The zero-order chi connectivity index (χ0) is 23.0. The van der Waals surface area contributed by atoms with E-state index in [4.69, 9.17) is 5.73 Å². The molecule has 0 saturated heterocycles. The second kappa shape index (κ2) is 7.99. The maximum Gasteiger partial charge on any atom is 0.296 e. The molecule has 0 spiro atoms. The summed E-state index contributed by atoms with van der Waals surface area (Å²) in [5.41, 5.74) is 5.27. The van der Waals surface area contributed by atoms with Gasteiger partial charge in [0.2, 0.25) is 0 Å². The van der Waals surface area contributed by atoms with Gasteiger partial charge in [0.25, 0.3) is 20.2 Å². The molecule has 0 aliphatic heterocycles. The Bertz CT molecular complexity index is 1470. The van der Waals surface area contributed by atoms with Crippen LogP contribution in [0.1, 0.15) is 0 Å². The van der Waals surface area contributed by atoms with E-state index >= 15 is 0 Å². The smallest absolute Gasteiger partial charge is 0.296 e. The third-order valence-corrected chi connectivity index (χ3v) is 5.89. The van der Waals surface area contributed by atoms with Crippen LogP contribution in [0.15, 0.2) is 72.7 Å². The number of anilines is 1. The molecule has 3 aromatic carbocycles. The van der Waals surface area contributed by atoms with Gasteiger partial charge in [-0.3, -0.25) is 9.11 Å². The summed E-state index contributed by atoms with van der Waals surface area (Å²) in [6.07, 6.45) is 0. The molecule has 14 heteroatoms. The van der Waals surface area contributed by atoms with Crippen LogP contribution in [-0.4, -0.2) is 38.1 Å². The van der Waals surface area contributed by atoms with Crippen LogP contribution in [-0.2, 0) is 20.2 Å². The van der Waals surface area contributed by atoms with Crippen molar-refractivity contribution >= 4 is 53.8 Å². The minimum atomic E-state index is -4.73. The quantitative estimate of drug-likeness (QED) is 0.247. The number of fused-ring (bicyclic) bond motifs is 1. The lowest BCUT2D eigenvalue weighted by atomic mass is 10.1. The van der Waals surface area contributed by atoms with Gasteiger partial charge in [0.1, 0.15) is 26.9 Å². The van der Waals surface area contributed by atoms with E-state index in [9.17, 15) is 31.0 Å². The van der Waals surface area contributed by atoms with E-state index in [0.29, 0.717) is 0 Å². The molecule has 0 aliphatic carbocycles. The first kappa shape index (κ1) is 22.2. The Hall–Kier alpha value is -3.46. The molecule has 0 unspecified atom stereocenters. The summed E-state index contributed by atoms with van der Waals surface area (Å²) in [5.74, 6) is -0.663. The van der Waals surface area contributed by atoms with Crippen molar-refractivity contribution in [2.45, 2.75) is 9.79 Å². The number of azo groups is 2. The Morgan fingerprint density at radius 2 is 1.45 bits per heavy atom. The summed E-state index contributed by atoms with van der Waals surface area (Å²) in [5, 5.41) is 25.4. The third kappa shape index (κ3) is 4.36. The number of hydrogen-bond donors (Lipinski definition) is 4. The van der Waals surface area contributed by atoms with E-state index in [1.165, 1.54) is 37.4 Å². The van der Waals surface area contributed by atoms with Crippen molar-refractivity contribution in [3.63, 3.8) is 0 Å². The number of nitrogens with two attached hydrogens (primary N) is 1. The van der Waals surface area contributed by atoms with Gasteiger partial charge < -0.3 is 10.8 Å². The molecule has 0 bridgehead atoms. The topological polar surface area (TPSA) is 204 Å². The van der Waals surface area contributed by atoms with E-state index in [1.54, 1.807) is 0 Å². The Morgan fingerprint density at radius 1 is 0.839 bits per heavy atom. The molecule has 0 saturated carbocycles. The van der Waals surface area contributed by atoms with Gasteiger partial charge in [0.15, 0.2) is 5.75 Å². The number of phenols is 1. The third-order valence-electron chi connectivity index (χ3n) is 4.12. The molecule has 0 aromatic heterocycles. The Morgan fingerprint density at radius 3 is 2.06 bits per heavy atom. The van der Waals surface area contributed by atoms with Crippen molar-refractivity contribution in [1.82, 2.24) is 0 Å². The Balaban J connectivity index is 2.23. The van der Waals surface area contributed by atoms with E-state index in [2.05, 4.69) is 20.5 Å². The van der Waals surface area contributed by atoms with Crippen LogP contribution in [0.4, 0.5) is 22.7 Å². The van der Waals surface area contributed by atoms with Crippen LogP contribution in [0.2, 0.25) is 0 Å². The summed E-state index contributed by atoms with van der Waals surface area (Å²) in [4.78, 5) is -1.14. The van der Waals surface area contributed by atoms with E-state index < -0.39 is 41.5 Å². The number of aromatic hydroxyl groups is 1. The van der Waals surface area contributed by atoms with Crippen molar-refractivity contribution in [3.8, 4) is 5.75 Å². The van der Waals surface area contributed by atoms with Crippen LogP contribution < -0.4 is 5.73 Å². The molecule has 12 nitrogen and oxygen atoms in total. The minimum Gasteiger partial charge on any atom is -0.505 e. The van der Waals surface area contributed by atoms with Crippen LogP contribution in [0.3, 0.4) is 0 Å². The fraction of sp³-hybridized carbons (Fsp3) is 0.0588. The van der Waals surface area contributed by atoms with E-state index in [1.807, 2.05) is 0 Å². The number of rotatable bonds is 5. The largest absolute Gasteiger partial charge is 0.505 e. The summed E-state index contributed by atoms with van der Waals surface area (Å²) in [6, 6.07) is 9.07. The average Bonchev–Trinajstić information content (AvgIpc) is 2.68. The lowest BCUT2D eigenvalue weighted by Crippen LogP contribution is -2.00. The number of benzene rings is 3. The molecule has 31 heavy (non-hydrogen) atoms. The molecule has 3 rings (SSSR count). The first-order valence-corrected chi connectivity index (χ1v) is 11.2. The molecular weight excluding hydrogens is 450 g/mol. The van der Waals surface area contributed by atoms with Crippen molar-refractivity contribution < 1.29 is 31.0 Å². The highest BCUT2D eigenvalue weighted by Crippen LogP contribution is 2.45. The molecule has 3 aromatic rings. The van der Waals surface area contributed by atoms with Crippen LogP contribution in [0, 0.1) is 0 Å². The van der Waals surface area contributed by atoms with Crippen molar-refractivity contribution in [3.05, 3.63) is 42.5 Å². The maximum atomic E-state index is 11.7. The first-order valence-electron chi connectivity index (χ1n) is 8.29. The Labute approximate surface area is 176 Å². The highest BCUT2D eigenvalue weighted by Gasteiger charge is 2.23. The predicted octanol–water partition coefficient (Wildman–Crippen LogP) is 3.75. The molecule has 162 valence electrons. The van der Waals surface area contributed by atoms with Crippen molar-refractivity contribution in [2.24, 2.45) is 20.5 Å². The van der Waals surface area contributed by atoms with Gasteiger partial charge in [-0.1, -0.05) is 18.2 Å². The number of nitrogen functional groups attached to an aromatic ring is 1. The van der Waals surface area contributed by atoms with Gasteiger partial charge in [0, 0.05) is 7.05 Å². The van der Waals surface area contributed by atoms with E-state index in [0.717, 1.165) is 12.1 Å². The number of nitrogens with zero attached hydrogens (tertiary/aromatic N) is 4. The van der Waals surface area contributed by atoms with Gasteiger partial charge in [-0.25, -0.2) is 0 Å². The molecule has 0 heterocycles. The fourth-order valence-electron chi connectivity index (χ4n) is 2.80. The van der Waals surface area contributed by atoms with Gasteiger partial charge in [-0.15, -0.1) is 10.2 Å². The SMILES string of the molecule is CN=Nc1c(S(=O)(=O)O)cc2ccc(N=Nc3ccccc3S(=O)(=O)O)c(N)c2c1O. The van der Waals surface area contributed by atoms with Gasteiger partial charge in [0.05, 0.1) is 11.1 Å². The maximum absolute atomic E-state index is 11.7. The zero-order valence-corrected chi connectivity index (χ0v) is 17.3. The molecule has 0 fully saturated rings. The number of hydrogen-bond acceptors (Lipinski definition) is 10. The summed E-state index contributed by atoms with van der Waals surface area (Å²) < 4.78 is 65.0. The fourth-order valence-corrected chi connectivity index (χ4v) is 4.08. The summed E-state index contributed by atoms with van der Waals surface area (Å²) >= 11 is 0. The lowest BCUT2D eigenvalue weighted by Gasteiger charge is -2.11. The average molecular weight is 465 g/mol. The molecule has 5 N–H and O–H groups in total. The monoisotopic (exact) mass is 465 g/mol. The minimum absolute atomic E-state index is 0.00642. The standard InChI is InChI=1S/C17H15N5O7S2/c1-19-22-16-13(31(27,28)29)8-9-6-7-11(15(18)14(9)17(16)23)21-20-10-4-2-3-5-12(10)30(24,25)26/h2-8,23H,18H2,1H3,(H,24,25,26)(H,27,28,29). The van der Waals surface area contributed by atoms with Gasteiger partial charge >= 0.3 is 0 Å². The summed E-state index contributed by atoms with van der Waals surface area (Å²) in [6.45, 7) is 0. The van der Waals surface area contributed by atoms with Crippen LogP contribution in [0.5, 0.6) is 5.75 Å². The molecular formula is C17H15N5O7S2. The molecule has 0 aliphatic rings. The number of phenolic OH excluding ortho intramolecular Hbond substituents is 1. The second-order valence-corrected chi connectivity index (χ2v) is 8.87. The van der Waals surface area contributed by atoms with Gasteiger partial charge in [-0.05, 0) is 29.7 Å². The predicted molar refractivity (Wildman–Crippen MR) is 111 cm³/mol. The normalized spacial score (nSPS) is 12.9. The Kier molecular flexibility index (Phi) is 5.73. The molecule has 0 atom stereocenters. The van der Waals surface area contributed by atoms with Crippen LogP contribution >= 0.6 is 0 Å². The van der Waals surface area contributed by atoms with Gasteiger partial charge in [-0.2, -0.15) is 27.1 Å². The van der Waals surface area contributed by atoms with E-state index in [-0.39, 0.29) is 27.8 Å². The highest BCUT2D eigenvalue weighted by atomic mass is 32.2. The second-order valence-electron chi connectivity index (χ2n) is 6.09. The zero-order valence-electron chi connectivity index (χ0n) is 15.7.